The van der Waals surface area contributed by atoms with Gasteiger partial charge in [0.05, 0.1) is 0 Å². The number of furan rings is 1. The Hall–Kier alpha value is -6.38. The Balaban J connectivity index is 1.09. The van der Waals surface area contributed by atoms with Crippen LogP contribution in [0.1, 0.15) is 103 Å². The first-order valence-electron chi connectivity index (χ1n) is 22.3. The third-order valence-corrected chi connectivity index (χ3v) is 14.3. The molecule has 1 aromatic heterocycles. The van der Waals surface area contributed by atoms with E-state index in [1.54, 1.807) is 0 Å². The average molecular weight is 806 g/mol. The Morgan fingerprint density at radius 2 is 1.02 bits per heavy atom. The zero-order valence-corrected chi connectivity index (χ0v) is 37.8. The van der Waals surface area contributed by atoms with Gasteiger partial charge in [0.2, 0.25) is 0 Å². The van der Waals surface area contributed by atoms with Gasteiger partial charge in [-0.2, -0.15) is 0 Å². The molecule has 0 amide bonds. The average Bonchev–Trinajstić information content (AvgIpc) is 3.82. The summed E-state index contributed by atoms with van der Waals surface area (Å²) in [4.78, 5) is 2.46. The quantitative estimate of drug-likeness (QED) is 0.176. The molecule has 306 valence electrons. The van der Waals surface area contributed by atoms with Crippen molar-refractivity contribution in [2.45, 2.75) is 90.9 Å². The molecule has 0 radical (unpaired) electrons. The lowest BCUT2D eigenvalue weighted by atomic mass is 9.79. The molecule has 11 rings (SSSR count). The van der Waals surface area contributed by atoms with Crippen molar-refractivity contribution >= 4 is 49.8 Å². The summed E-state index contributed by atoms with van der Waals surface area (Å²) in [6.45, 7) is 23.3. The van der Waals surface area contributed by atoms with Gasteiger partial charge in [-0.05, 0) is 120 Å². The van der Waals surface area contributed by atoms with E-state index in [4.69, 9.17) is 4.42 Å². The smallest absolute Gasteiger partial charge is 0.143 e. The Morgan fingerprint density at radius 1 is 0.419 bits per heavy atom. The fourth-order valence-corrected chi connectivity index (χ4v) is 10.8. The third-order valence-electron chi connectivity index (χ3n) is 14.3. The minimum atomic E-state index is -0.247. The molecule has 0 fully saturated rings. The topological polar surface area (TPSA) is 16.4 Å². The van der Waals surface area contributed by atoms with Crippen LogP contribution < -0.4 is 4.90 Å². The summed E-state index contributed by atoms with van der Waals surface area (Å²) < 4.78 is 7.14. The number of anilines is 3. The lowest BCUT2D eigenvalue weighted by Gasteiger charge is -2.30. The number of benzene rings is 8. The van der Waals surface area contributed by atoms with Gasteiger partial charge >= 0.3 is 0 Å². The number of rotatable bonds is 4. The fourth-order valence-electron chi connectivity index (χ4n) is 10.8. The Bertz CT molecular complexity index is 3300. The van der Waals surface area contributed by atoms with Crippen LogP contribution in [0.15, 0.2) is 156 Å². The summed E-state index contributed by atoms with van der Waals surface area (Å²) in [5.74, 6) is 0. The molecule has 9 aromatic rings. The third kappa shape index (κ3) is 5.61. The van der Waals surface area contributed by atoms with Gasteiger partial charge in [-0.15, -0.1) is 0 Å². The molecular formula is C60H55NO. The van der Waals surface area contributed by atoms with E-state index in [1.165, 1.54) is 88.3 Å². The molecule has 2 aliphatic rings. The van der Waals surface area contributed by atoms with Crippen molar-refractivity contribution in [2.75, 3.05) is 4.90 Å². The molecule has 2 aliphatic carbocycles. The first kappa shape index (κ1) is 38.5. The molecule has 2 nitrogen and oxygen atoms in total. The molecule has 62 heavy (non-hydrogen) atoms. The molecule has 0 unspecified atom stereocenters. The van der Waals surface area contributed by atoms with Crippen LogP contribution in [-0.2, 0) is 21.7 Å². The Morgan fingerprint density at radius 3 is 1.74 bits per heavy atom. The highest BCUT2D eigenvalue weighted by Crippen LogP contribution is 2.56. The highest BCUT2D eigenvalue weighted by Gasteiger charge is 2.40. The predicted molar refractivity (Wildman–Crippen MR) is 264 cm³/mol. The maximum atomic E-state index is 7.14. The zero-order valence-electron chi connectivity index (χ0n) is 37.8. The van der Waals surface area contributed by atoms with Gasteiger partial charge < -0.3 is 9.32 Å². The van der Waals surface area contributed by atoms with Crippen LogP contribution in [0.25, 0.3) is 66.1 Å². The second kappa shape index (κ2) is 13.1. The van der Waals surface area contributed by atoms with Crippen LogP contribution in [0, 0.1) is 0 Å². The van der Waals surface area contributed by atoms with Crippen LogP contribution in [0.3, 0.4) is 0 Å². The summed E-state index contributed by atoms with van der Waals surface area (Å²) >= 11 is 0. The Labute approximate surface area is 366 Å². The van der Waals surface area contributed by atoms with Gasteiger partial charge in [0, 0.05) is 49.8 Å². The maximum absolute atomic E-state index is 7.14. The summed E-state index contributed by atoms with van der Waals surface area (Å²) in [6, 6.07) is 57.1. The molecule has 2 heteroatoms. The van der Waals surface area contributed by atoms with E-state index < -0.39 is 0 Å². The van der Waals surface area contributed by atoms with Crippen molar-refractivity contribution in [3.8, 4) is 33.4 Å². The van der Waals surface area contributed by atoms with Crippen molar-refractivity contribution in [3.05, 3.63) is 185 Å². The van der Waals surface area contributed by atoms with Crippen molar-refractivity contribution in [3.63, 3.8) is 0 Å². The van der Waals surface area contributed by atoms with Crippen LogP contribution in [0.5, 0.6) is 0 Å². The van der Waals surface area contributed by atoms with Gasteiger partial charge in [-0.1, -0.05) is 178 Å². The first-order chi connectivity index (χ1) is 29.5. The minimum absolute atomic E-state index is 0.0141. The SMILES string of the molecule is CC(C)(C)c1cc(C(C)(C)C)c2oc3c4c(ccc3c2c1)C(C)(C)c1cc(N(c2ccc(-c3cccc5ccccc35)cc2)c2ccc3c(c2)C(C)(C)c2ccccc2-3)ccc1-4. The minimum Gasteiger partial charge on any atom is -0.455 e. The molecule has 0 aliphatic heterocycles. The van der Waals surface area contributed by atoms with Gasteiger partial charge in [0.25, 0.3) is 0 Å². The van der Waals surface area contributed by atoms with E-state index in [2.05, 4.69) is 226 Å². The van der Waals surface area contributed by atoms with E-state index in [9.17, 15) is 0 Å². The van der Waals surface area contributed by atoms with Crippen molar-refractivity contribution in [1.29, 1.82) is 0 Å². The molecular weight excluding hydrogens is 751 g/mol. The highest BCUT2D eigenvalue weighted by molar-refractivity contribution is 6.13. The number of hydrogen-bond acceptors (Lipinski definition) is 2. The molecule has 0 spiro atoms. The lowest BCUT2D eigenvalue weighted by molar-refractivity contribution is 0.559. The zero-order chi connectivity index (χ0) is 43.1. The van der Waals surface area contributed by atoms with E-state index in [0.29, 0.717) is 0 Å². The standard InChI is InChI=1S/C60H55NO/c1-57(2,3)38-32-48-46-30-31-50-54(56(46)62-55(48)53(33-38)58(4,5)6)47-29-27-41(35-52(47)60(50,9)10)61(40-26-28-45-44-19-13-14-21-49(44)59(7,8)51(45)34-40)39-24-22-37(23-25-39)43-20-15-17-36-16-11-12-18-42(36)43/h11-35H,1-10H3. The second-order valence-electron chi connectivity index (χ2n) is 21.0. The largest absolute Gasteiger partial charge is 0.455 e. The first-order valence-corrected chi connectivity index (χ1v) is 22.3. The van der Waals surface area contributed by atoms with E-state index in [-0.39, 0.29) is 21.7 Å². The lowest BCUT2D eigenvalue weighted by Crippen LogP contribution is -2.18. The van der Waals surface area contributed by atoms with E-state index in [0.717, 1.165) is 28.2 Å². The predicted octanol–water partition coefficient (Wildman–Crippen LogP) is 17.1. The number of hydrogen-bond donors (Lipinski definition) is 0. The van der Waals surface area contributed by atoms with Crippen LogP contribution in [-0.4, -0.2) is 0 Å². The molecule has 0 saturated heterocycles. The monoisotopic (exact) mass is 805 g/mol. The normalized spacial score (nSPS) is 14.9. The fraction of sp³-hybridized carbons (Fsp3) is 0.233. The van der Waals surface area contributed by atoms with Gasteiger partial charge in [0.1, 0.15) is 11.2 Å². The van der Waals surface area contributed by atoms with Gasteiger partial charge in [-0.3, -0.25) is 0 Å². The second-order valence-corrected chi connectivity index (χ2v) is 21.0. The van der Waals surface area contributed by atoms with Gasteiger partial charge in [0.15, 0.2) is 0 Å². The number of fused-ring (bicyclic) bond motifs is 11. The van der Waals surface area contributed by atoms with Crippen LogP contribution in [0.4, 0.5) is 17.1 Å². The van der Waals surface area contributed by atoms with Crippen molar-refractivity contribution in [2.24, 2.45) is 0 Å². The molecule has 1 heterocycles. The van der Waals surface area contributed by atoms with Crippen molar-refractivity contribution in [1.82, 2.24) is 0 Å². The van der Waals surface area contributed by atoms with E-state index in [1.807, 2.05) is 0 Å². The summed E-state index contributed by atoms with van der Waals surface area (Å²) in [5, 5.41) is 4.92. The summed E-state index contributed by atoms with van der Waals surface area (Å²) in [7, 11) is 0. The summed E-state index contributed by atoms with van der Waals surface area (Å²) in [5.41, 5.74) is 20.6. The van der Waals surface area contributed by atoms with Gasteiger partial charge in [-0.25, -0.2) is 0 Å². The molecule has 8 aromatic carbocycles. The van der Waals surface area contributed by atoms with Crippen molar-refractivity contribution < 1.29 is 4.42 Å². The molecule has 0 bridgehead atoms. The van der Waals surface area contributed by atoms with Crippen LogP contribution >= 0.6 is 0 Å². The molecule has 0 N–H and O–H groups in total. The van der Waals surface area contributed by atoms with Crippen LogP contribution in [0.2, 0.25) is 0 Å². The Kier molecular flexibility index (Phi) is 8.12. The van der Waals surface area contributed by atoms with E-state index >= 15 is 0 Å². The highest BCUT2D eigenvalue weighted by atomic mass is 16.3. The molecule has 0 saturated carbocycles. The maximum Gasteiger partial charge on any atom is 0.143 e. The molecule has 0 atom stereocenters. The summed E-state index contributed by atoms with van der Waals surface area (Å²) in [6.07, 6.45) is 0. The number of nitrogens with zero attached hydrogens (tertiary/aromatic N) is 1.